The van der Waals surface area contributed by atoms with E-state index < -0.39 is 0 Å². The van der Waals surface area contributed by atoms with Crippen molar-refractivity contribution in [2.24, 2.45) is 0 Å². The predicted molar refractivity (Wildman–Crippen MR) is 83.6 cm³/mol. The van der Waals surface area contributed by atoms with Gasteiger partial charge in [0.25, 0.3) is 0 Å². The van der Waals surface area contributed by atoms with Gasteiger partial charge in [-0.15, -0.1) is 0 Å². The van der Waals surface area contributed by atoms with Gasteiger partial charge >= 0.3 is 0 Å². The van der Waals surface area contributed by atoms with Gasteiger partial charge in [-0.1, -0.05) is 48.9 Å². The van der Waals surface area contributed by atoms with Gasteiger partial charge in [0.2, 0.25) is 5.91 Å². The number of ether oxygens (including phenoxy) is 1. The van der Waals surface area contributed by atoms with Crippen molar-refractivity contribution < 1.29 is 9.53 Å². The van der Waals surface area contributed by atoms with Gasteiger partial charge in [0.1, 0.15) is 5.75 Å². The Labute approximate surface area is 124 Å². The molecule has 3 heteroatoms. The van der Waals surface area contributed by atoms with Crippen LogP contribution in [0.25, 0.3) is 0 Å². The molecule has 1 saturated carbocycles. The molecule has 1 aliphatic carbocycles. The molecule has 1 N–H and O–H groups in total. The molecule has 0 heterocycles. The van der Waals surface area contributed by atoms with Crippen LogP contribution in [0.3, 0.4) is 0 Å². The summed E-state index contributed by atoms with van der Waals surface area (Å²) in [4.78, 5) is 12.8. The Morgan fingerprint density at radius 3 is 2.33 bits per heavy atom. The van der Waals surface area contributed by atoms with E-state index in [1.54, 1.807) is 7.11 Å². The van der Waals surface area contributed by atoms with Gasteiger partial charge in [-0.2, -0.15) is 0 Å². The molecule has 2 aromatic rings. The number of carbonyl (C=O) groups is 1. The number of amides is 1. The molecule has 1 aliphatic rings. The van der Waals surface area contributed by atoms with Crippen LogP contribution in [0, 0.1) is 0 Å². The lowest BCUT2D eigenvalue weighted by atomic mass is 9.64. The Balaban J connectivity index is 1.87. The van der Waals surface area contributed by atoms with Crippen molar-refractivity contribution in [2.75, 3.05) is 12.4 Å². The predicted octanol–water partition coefficient (Wildman–Crippen LogP) is 3.76. The fourth-order valence-electron chi connectivity index (χ4n) is 2.92. The highest BCUT2D eigenvalue weighted by atomic mass is 16.5. The third-order valence-electron chi connectivity index (χ3n) is 4.32. The Morgan fingerprint density at radius 2 is 1.71 bits per heavy atom. The fourth-order valence-corrected chi connectivity index (χ4v) is 2.92. The second kappa shape index (κ2) is 5.60. The average molecular weight is 281 g/mol. The summed E-state index contributed by atoms with van der Waals surface area (Å²) in [6.45, 7) is 0. The largest absolute Gasteiger partial charge is 0.495 e. The fraction of sp³-hybridized carbons (Fsp3) is 0.278. The maximum Gasteiger partial charge on any atom is 0.235 e. The highest BCUT2D eigenvalue weighted by molar-refractivity contribution is 6.00. The van der Waals surface area contributed by atoms with Crippen LogP contribution >= 0.6 is 0 Å². The molecule has 21 heavy (non-hydrogen) atoms. The maximum absolute atomic E-state index is 12.8. The van der Waals surface area contributed by atoms with Crippen molar-refractivity contribution in [1.82, 2.24) is 0 Å². The Bertz CT molecular complexity index is 633. The molecular weight excluding hydrogens is 262 g/mol. The number of methoxy groups -OCH3 is 1. The molecular formula is C18H19NO2. The summed E-state index contributed by atoms with van der Waals surface area (Å²) in [5.41, 5.74) is 1.44. The standard InChI is InChI=1S/C18H19NO2/c1-21-16-11-6-5-10-15(16)19-17(20)18(12-7-13-18)14-8-3-2-4-9-14/h2-6,8-11H,7,12-13H2,1H3,(H,19,20). The molecule has 1 amide bonds. The SMILES string of the molecule is COc1ccccc1NC(=O)C1(c2ccccc2)CCC1. The molecule has 0 aromatic heterocycles. The van der Waals surface area contributed by atoms with E-state index >= 15 is 0 Å². The molecule has 2 aromatic carbocycles. The van der Waals surface area contributed by atoms with Crippen molar-refractivity contribution in [2.45, 2.75) is 24.7 Å². The van der Waals surface area contributed by atoms with Gasteiger partial charge in [-0.05, 0) is 30.5 Å². The maximum atomic E-state index is 12.8. The van der Waals surface area contributed by atoms with Crippen molar-refractivity contribution in [1.29, 1.82) is 0 Å². The summed E-state index contributed by atoms with van der Waals surface area (Å²) >= 11 is 0. The van der Waals surface area contributed by atoms with Gasteiger partial charge in [-0.3, -0.25) is 4.79 Å². The Morgan fingerprint density at radius 1 is 1.05 bits per heavy atom. The van der Waals surface area contributed by atoms with E-state index in [0.717, 1.165) is 30.5 Å². The number of rotatable bonds is 4. The van der Waals surface area contributed by atoms with Gasteiger partial charge in [0.05, 0.1) is 18.2 Å². The lowest BCUT2D eigenvalue weighted by molar-refractivity contribution is -0.124. The first-order valence-corrected chi connectivity index (χ1v) is 7.26. The number of carbonyl (C=O) groups excluding carboxylic acids is 1. The summed E-state index contributed by atoms with van der Waals surface area (Å²) in [6, 6.07) is 17.6. The first-order chi connectivity index (χ1) is 10.3. The zero-order valence-electron chi connectivity index (χ0n) is 12.1. The molecule has 1 fully saturated rings. The average Bonchev–Trinajstić information content (AvgIpc) is 2.48. The topological polar surface area (TPSA) is 38.3 Å². The molecule has 0 saturated heterocycles. The number of benzene rings is 2. The summed E-state index contributed by atoms with van der Waals surface area (Å²) in [7, 11) is 1.61. The summed E-state index contributed by atoms with van der Waals surface area (Å²) in [5, 5.41) is 3.04. The number of anilines is 1. The van der Waals surface area contributed by atoms with Crippen LogP contribution in [0.5, 0.6) is 5.75 Å². The highest BCUT2D eigenvalue weighted by Crippen LogP contribution is 2.44. The minimum atomic E-state index is -0.387. The highest BCUT2D eigenvalue weighted by Gasteiger charge is 2.45. The van der Waals surface area contributed by atoms with Crippen LogP contribution in [-0.2, 0) is 10.2 Å². The van der Waals surface area contributed by atoms with Crippen molar-refractivity contribution >= 4 is 11.6 Å². The van der Waals surface area contributed by atoms with E-state index in [1.165, 1.54) is 0 Å². The van der Waals surface area contributed by atoms with E-state index in [0.29, 0.717) is 5.75 Å². The van der Waals surface area contributed by atoms with Crippen LogP contribution in [0.1, 0.15) is 24.8 Å². The minimum absolute atomic E-state index is 0.0597. The number of nitrogens with one attached hydrogen (secondary N) is 1. The second-order valence-corrected chi connectivity index (χ2v) is 5.46. The van der Waals surface area contributed by atoms with Crippen LogP contribution < -0.4 is 10.1 Å². The molecule has 0 radical (unpaired) electrons. The number of para-hydroxylation sites is 2. The third-order valence-corrected chi connectivity index (χ3v) is 4.32. The van der Waals surface area contributed by atoms with Crippen molar-refractivity contribution in [3.8, 4) is 5.75 Å². The van der Waals surface area contributed by atoms with Crippen molar-refractivity contribution in [3.63, 3.8) is 0 Å². The molecule has 3 nitrogen and oxygen atoms in total. The first-order valence-electron chi connectivity index (χ1n) is 7.26. The zero-order valence-corrected chi connectivity index (χ0v) is 12.1. The lowest BCUT2D eigenvalue weighted by Crippen LogP contribution is -2.46. The molecule has 0 aliphatic heterocycles. The third kappa shape index (κ3) is 2.40. The molecule has 3 rings (SSSR count). The summed E-state index contributed by atoms with van der Waals surface area (Å²) in [5.74, 6) is 0.748. The van der Waals surface area contributed by atoms with E-state index in [1.807, 2.05) is 54.6 Å². The Kier molecular flexibility index (Phi) is 3.65. The molecule has 0 bridgehead atoms. The van der Waals surface area contributed by atoms with E-state index in [4.69, 9.17) is 4.74 Å². The normalized spacial score (nSPS) is 15.9. The van der Waals surface area contributed by atoms with Crippen LogP contribution in [-0.4, -0.2) is 13.0 Å². The van der Waals surface area contributed by atoms with Gasteiger partial charge in [0, 0.05) is 0 Å². The van der Waals surface area contributed by atoms with E-state index in [2.05, 4.69) is 5.32 Å². The van der Waals surface area contributed by atoms with E-state index in [9.17, 15) is 4.79 Å². The molecule has 108 valence electrons. The number of hydrogen-bond acceptors (Lipinski definition) is 2. The van der Waals surface area contributed by atoms with Gasteiger partial charge in [0.15, 0.2) is 0 Å². The number of hydrogen-bond donors (Lipinski definition) is 1. The molecule has 0 atom stereocenters. The second-order valence-electron chi connectivity index (χ2n) is 5.46. The molecule has 0 spiro atoms. The minimum Gasteiger partial charge on any atom is -0.495 e. The smallest absolute Gasteiger partial charge is 0.235 e. The lowest BCUT2D eigenvalue weighted by Gasteiger charge is -2.40. The summed E-state index contributed by atoms with van der Waals surface area (Å²) < 4.78 is 5.30. The quantitative estimate of drug-likeness (QED) is 0.926. The first kappa shape index (κ1) is 13.7. The monoisotopic (exact) mass is 281 g/mol. The summed E-state index contributed by atoms with van der Waals surface area (Å²) in [6.07, 6.45) is 2.89. The zero-order chi connectivity index (χ0) is 14.7. The van der Waals surface area contributed by atoms with E-state index in [-0.39, 0.29) is 11.3 Å². The van der Waals surface area contributed by atoms with Gasteiger partial charge < -0.3 is 10.1 Å². The molecule has 0 unspecified atom stereocenters. The van der Waals surface area contributed by atoms with Crippen LogP contribution in [0.2, 0.25) is 0 Å². The Hall–Kier alpha value is -2.29. The van der Waals surface area contributed by atoms with Gasteiger partial charge in [-0.25, -0.2) is 0 Å². The van der Waals surface area contributed by atoms with Crippen LogP contribution in [0.15, 0.2) is 54.6 Å². The van der Waals surface area contributed by atoms with Crippen molar-refractivity contribution in [3.05, 3.63) is 60.2 Å². The van der Waals surface area contributed by atoms with Crippen LogP contribution in [0.4, 0.5) is 5.69 Å².